The summed E-state index contributed by atoms with van der Waals surface area (Å²) >= 11 is 0. The fourth-order valence-corrected chi connectivity index (χ4v) is 2.28. The van der Waals surface area contributed by atoms with E-state index in [0.29, 0.717) is 6.42 Å². The van der Waals surface area contributed by atoms with Crippen LogP contribution in [0, 0.1) is 0 Å². The van der Waals surface area contributed by atoms with Gasteiger partial charge in [0.25, 0.3) is 0 Å². The number of imidazole rings is 1. The van der Waals surface area contributed by atoms with E-state index < -0.39 is 0 Å². The number of nitrogens with zero attached hydrogens (tertiary/aromatic N) is 2. The largest absolute Gasteiger partial charge is 0.393 e. The molecule has 4 heteroatoms. The molecule has 2 aromatic heterocycles. The average Bonchev–Trinajstić information content (AvgIpc) is 2.71. The molecule has 0 bridgehead atoms. The minimum atomic E-state index is -0.217. The summed E-state index contributed by atoms with van der Waals surface area (Å²) < 4.78 is 0. The zero-order valence-corrected chi connectivity index (χ0v) is 9.56. The van der Waals surface area contributed by atoms with Gasteiger partial charge in [-0.15, -0.1) is 0 Å². The number of aliphatic hydroxyl groups excluding tert-OH is 1. The standard InChI is InChI=1S/C13H15N3O/c17-10-4-5-11-12(8-10)16-13(15-11)7-9-3-1-2-6-14-9/h1-3,6,10,17H,4-5,7-8H2,(H,15,16). The van der Waals surface area contributed by atoms with Crippen molar-refractivity contribution >= 4 is 0 Å². The molecule has 2 N–H and O–H groups in total. The lowest BCUT2D eigenvalue weighted by atomic mass is 9.99. The third kappa shape index (κ3) is 2.22. The zero-order chi connectivity index (χ0) is 11.7. The highest BCUT2D eigenvalue weighted by Crippen LogP contribution is 2.20. The Bertz CT molecular complexity index is 507. The minimum Gasteiger partial charge on any atom is -0.393 e. The predicted octanol–water partition coefficient (Wildman–Crippen LogP) is 1.25. The van der Waals surface area contributed by atoms with Gasteiger partial charge in [0, 0.05) is 30.4 Å². The molecule has 0 saturated heterocycles. The van der Waals surface area contributed by atoms with Gasteiger partial charge in [-0.25, -0.2) is 4.98 Å². The van der Waals surface area contributed by atoms with E-state index in [1.54, 1.807) is 6.20 Å². The second-order valence-electron chi connectivity index (χ2n) is 4.50. The number of aryl methyl sites for hydroxylation is 1. The van der Waals surface area contributed by atoms with E-state index in [2.05, 4.69) is 15.0 Å². The number of rotatable bonds is 2. The minimum absolute atomic E-state index is 0.217. The number of aliphatic hydroxyl groups is 1. The van der Waals surface area contributed by atoms with Crippen LogP contribution < -0.4 is 0 Å². The smallest absolute Gasteiger partial charge is 0.112 e. The molecule has 0 aliphatic heterocycles. The molecule has 1 aliphatic rings. The van der Waals surface area contributed by atoms with Gasteiger partial charge in [0.15, 0.2) is 0 Å². The molecule has 3 rings (SSSR count). The third-order valence-electron chi connectivity index (χ3n) is 3.14. The van der Waals surface area contributed by atoms with Gasteiger partial charge in [-0.1, -0.05) is 6.07 Å². The molecule has 2 heterocycles. The number of fused-ring (bicyclic) bond motifs is 1. The highest BCUT2D eigenvalue weighted by Gasteiger charge is 2.20. The summed E-state index contributed by atoms with van der Waals surface area (Å²) in [5.74, 6) is 0.947. The van der Waals surface area contributed by atoms with Crippen LogP contribution in [0.5, 0.6) is 0 Å². The summed E-state index contributed by atoms with van der Waals surface area (Å²) in [5, 5.41) is 9.59. The Labute approximate surface area is 99.8 Å². The van der Waals surface area contributed by atoms with Crippen molar-refractivity contribution in [1.29, 1.82) is 0 Å². The van der Waals surface area contributed by atoms with Gasteiger partial charge in [0.1, 0.15) is 5.82 Å². The Balaban J connectivity index is 1.81. The summed E-state index contributed by atoms with van der Waals surface area (Å²) in [5.41, 5.74) is 3.22. The summed E-state index contributed by atoms with van der Waals surface area (Å²) in [4.78, 5) is 12.2. The quantitative estimate of drug-likeness (QED) is 0.814. The Morgan fingerprint density at radius 1 is 1.41 bits per heavy atom. The fourth-order valence-electron chi connectivity index (χ4n) is 2.28. The SMILES string of the molecule is OC1CCc2nc(Cc3ccccn3)[nH]c2C1. The summed E-state index contributed by atoms with van der Waals surface area (Å²) in [6, 6.07) is 5.89. The molecule has 0 amide bonds. The van der Waals surface area contributed by atoms with Gasteiger partial charge in [0.05, 0.1) is 11.8 Å². The van der Waals surface area contributed by atoms with E-state index in [-0.39, 0.29) is 6.10 Å². The van der Waals surface area contributed by atoms with Gasteiger partial charge < -0.3 is 10.1 Å². The van der Waals surface area contributed by atoms with Crippen LogP contribution in [0.4, 0.5) is 0 Å². The van der Waals surface area contributed by atoms with Crippen LogP contribution in [-0.4, -0.2) is 26.2 Å². The van der Waals surface area contributed by atoms with Crippen molar-refractivity contribution in [2.75, 3.05) is 0 Å². The molecule has 0 radical (unpaired) electrons. The van der Waals surface area contributed by atoms with E-state index in [1.807, 2.05) is 18.2 Å². The molecule has 2 aromatic rings. The molecule has 17 heavy (non-hydrogen) atoms. The number of nitrogens with one attached hydrogen (secondary N) is 1. The second kappa shape index (κ2) is 4.30. The van der Waals surface area contributed by atoms with E-state index in [4.69, 9.17) is 0 Å². The molecule has 1 aliphatic carbocycles. The van der Waals surface area contributed by atoms with Crippen LogP contribution in [0.3, 0.4) is 0 Å². The first-order chi connectivity index (χ1) is 8.31. The van der Waals surface area contributed by atoms with Crippen LogP contribution in [0.1, 0.15) is 29.3 Å². The number of H-pyrrole nitrogens is 1. The van der Waals surface area contributed by atoms with Crippen LogP contribution in [0.25, 0.3) is 0 Å². The van der Waals surface area contributed by atoms with Crippen LogP contribution >= 0.6 is 0 Å². The average molecular weight is 229 g/mol. The molecule has 0 saturated carbocycles. The van der Waals surface area contributed by atoms with E-state index in [0.717, 1.165) is 42.2 Å². The van der Waals surface area contributed by atoms with Crippen LogP contribution in [0.15, 0.2) is 24.4 Å². The van der Waals surface area contributed by atoms with Gasteiger partial charge >= 0.3 is 0 Å². The first kappa shape index (κ1) is 10.5. The first-order valence-electron chi connectivity index (χ1n) is 5.96. The number of hydrogen-bond donors (Lipinski definition) is 2. The maximum atomic E-state index is 9.59. The zero-order valence-electron chi connectivity index (χ0n) is 9.56. The Morgan fingerprint density at radius 3 is 3.18 bits per heavy atom. The highest BCUT2D eigenvalue weighted by molar-refractivity contribution is 5.21. The Hall–Kier alpha value is -1.68. The van der Waals surface area contributed by atoms with E-state index >= 15 is 0 Å². The number of aromatic amines is 1. The molecule has 1 atom stereocenters. The van der Waals surface area contributed by atoms with Gasteiger partial charge in [0.2, 0.25) is 0 Å². The van der Waals surface area contributed by atoms with Crippen molar-refractivity contribution in [2.24, 2.45) is 0 Å². The maximum Gasteiger partial charge on any atom is 0.112 e. The first-order valence-corrected chi connectivity index (χ1v) is 5.96. The number of pyridine rings is 1. The van der Waals surface area contributed by atoms with E-state index in [9.17, 15) is 5.11 Å². The molecule has 1 unspecified atom stereocenters. The Morgan fingerprint density at radius 2 is 2.35 bits per heavy atom. The van der Waals surface area contributed by atoms with Crippen molar-refractivity contribution in [3.63, 3.8) is 0 Å². The normalized spacial score (nSPS) is 19.0. The summed E-state index contributed by atoms with van der Waals surface area (Å²) in [6.07, 6.45) is 4.69. The molecule has 88 valence electrons. The van der Waals surface area contributed by atoms with Crippen molar-refractivity contribution in [2.45, 2.75) is 31.8 Å². The molecule has 4 nitrogen and oxygen atoms in total. The second-order valence-corrected chi connectivity index (χ2v) is 4.50. The fraction of sp³-hybridized carbons (Fsp3) is 0.385. The monoisotopic (exact) mass is 229 g/mol. The summed E-state index contributed by atoms with van der Waals surface area (Å²) in [7, 11) is 0. The number of aromatic nitrogens is 3. The maximum absolute atomic E-state index is 9.59. The third-order valence-corrected chi connectivity index (χ3v) is 3.14. The topological polar surface area (TPSA) is 61.8 Å². The van der Waals surface area contributed by atoms with Crippen molar-refractivity contribution < 1.29 is 5.11 Å². The van der Waals surface area contributed by atoms with Crippen molar-refractivity contribution in [1.82, 2.24) is 15.0 Å². The number of hydrogen-bond acceptors (Lipinski definition) is 3. The predicted molar refractivity (Wildman–Crippen MR) is 63.7 cm³/mol. The van der Waals surface area contributed by atoms with Crippen molar-refractivity contribution in [3.05, 3.63) is 47.3 Å². The lowest BCUT2D eigenvalue weighted by Gasteiger charge is -2.14. The molecular formula is C13H15N3O. The summed E-state index contributed by atoms with van der Waals surface area (Å²) in [6.45, 7) is 0. The van der Waals surface area contributed by atoms with Crippen molar-refractivity contribution in [3.8, 4) is 0 Å². The molecule has 0 spiro atoms. The van der Waals surface area contributed by atoms with E-state index in [1.165, 1.54) is 0 Å². The Kier molecular flexibility index (Phi) is 2.65. The van der Waals surface area contributed by atoms with Gasteiger partial charge in [-0.05, 0) is 25.0 Å². The molecular weight excluding hydrogens is 214 g/mol. The molecule has 0 aromatic carbocycles. The van der Waals surface area contributed by atoms with Crippen LogP contribution in [0.2, 0.25) is 0 Å². The van der Waals surface area contributed by atoms with Gasteiger partial charge in [-0.3, -0.25) is 4.98 Å². The highest BCUT2D eigenvalue weighted by atomic mass is 16.3. The lowest BCUT2D eigenvalue weighted by Crippen LogP contribution is -2.18. The van der Waals surface area contributed by atoms with Crippen LogP contribution in [-0.2, 0) is 19.3 Å². The van der Waals surface area contributed by atoms with Gasteiger partial charge in [-0.2, -0.15) is 0 Å². The lowest BCUT2D eigenvalue weighted by molar-refractivity contribution is 0.157. The molecule has 0 fully saturated rings.